The first kappa shape index (κ1) is 12.6. The number of fused-ring (bicyclic) bond motifs is 1. The maximum Gasteiger partial charge on any atom is 0.0702 e. The molecule has 1 aliphatic carbocycles. The highest BCUT2D eigenvalue weighted by molar-refractivity contribution is 5.78. The minimum absolute atomic E-state index is 0.582. The Hall–Kier alpha value is -1.41. The SMILES string of the molecule is CC(C)C1(CNCc2ccc3ncccc3c2)CC1. The predicted molar refractivity (Wildman–Crippen MR) is 80.0 cm³/mol. The van der Waals surface area contributed by atoms with Gasteiger partial charge in [-0.05, 0) is 47.9 Å². The topological polar surface area (TPSA) is 24.9 Å². The van der Waals surface area contributed by atoms with E-state index in [0.717, 1.165) is 24.5 Å². The summed E-state index contributed by atoms with van der Waals surface area (Å²) in [6.07, 6.45) is 4.62. The summed E-state index contributed by atoms with van der Waals surface area (Å²) < 4.78 is 0. The molecule has 100 valence electrons. The van der Waals surface area contributed by atoms with Crippen LogP contribution in [-0.4, -0.2) is 11.5 Å². The first-order chi connectivity index (χ1) is 9.20. The number of nitrogens with one attached hydrogen (secondary N) is 1. The van der Waals surface area contributed by atoms with Crippen molar-refractivity contribution < 1.29 is 0 Å². The molecule has 0 unspecified atom stereocenters. The fourth-order valence-corrected chi connectivity index (χ4v) is 2.81. The molecular weight excluding hydrogens is 232 g/mol. The van der Waals surface area contributed by atoms with Crippen LogP contribution >= 0.6 is 0 Å². The van der Waals surface area contributed by atoms with Crippen molar-refractivity contribution in [2.75, 3.05) is 6.54 Å². The summed E-state index contributed by atoms with van der Waals surface area (Å²) in [5, 5.41) is 4.86. The minimum atomic E-state index is 0.582. The number of rotatable bonds is 5. The molecule has 0 amide bonds. The zero-order valence-electron chi connectivity index (χ0n) is 11.8. The molecule has 1 aromatic heterocycles. The maximum atomic E-state index is 4.35. The molecule has 2 nitrogen and oxygen atoms in total. The molecule has 0 radical (unpaired) electrons. The zero-order chi connectivity index (χ0) is 13.3. The second kappa shape index (κ2) is 4.93. The van der Waals surface area contributed by atoms with E-state index >= 15 is 0 Å². The van der Waals surface area contributed by atoms with Crippen molar-refractivity contribution >= 4 is 10.9 Å². The largest absolute Gasteiger partial charge is 0.312 e. The van der Waals surface area contributed by atoms with Gasteiger partial charge in [0.1, 0.15) is 0 Å². The quantitative estimate of drug-likeness (QED) is 0.878. The van der Waals surface area contributed by atoms with E-state index in [1.807, 2.05) is 12.3 Å². The fraction of sp³-hybridized carbons (Fsp3) is 0.471. The lowest BCUT2D eigenvalue weighted by molar-refractivity contribution is 0.338. The Bertz CT molecular complexity index is 570. The number of benzene rings is 1. The van der Waals surface area contributed by atoms with Gasteiger partial charge in [-0.2, -0.15) is 0 Å². The molecular formula is C17H22N2. The molecule has 1 fully saturated rings. The molecule has 2 heteroatoms. The number of aromatic nitrogens is 1. The molecule has 0 atom stereocenters. The highest BCUT2D eigenvalue weighted by Crippen LogP contribution is 2.51. The molecule has 1 aliphatic rings. The maximum absolute atomic E-state index is 4.35. The Morgan fingerprint density at radius 1 is 1.26 bits per heavy atom. The van der Waals surface area contributed by atoms with Crippen LogP contribution in [0.5, 0.6) is 0 Å². The number of hydrogen-bond acceptors (Lipinski definition) is 2. The van der Waals surface area contributed by atoms with Gasteiger partial charge in [-0.25, -0.2) is 0 Å². The monoisotopic (exact) mass is 254 g/mol. The predicted octanol–water partition coefficient (Wildman–Crippen LogP) is 3.76. The van der Waals surface area contributed by atoms with Crippen molar-refractivity contribution in [3.63, 3.8) is 0 Å². The lowest BCUT2D eigenvalue weighted by atomic mass is 9.92. The second-order valence-corrected chi connectivity index (χ2v) is 6.15. The van der Waals surface area contributed by atoms with E-state index in [4.69, 9.17) is 0 Å². The van der Waals surface area contributed by atoms with Crippen LogP contribution in [0, 0.1) is 11.3 Å². The van der Waals surface area contributed by atoms with Crippen LogP contribution < -0.4 is 5.32 Å². The Morgan fingerprint density at radius 3 is 2.84 bits per heavy atom. The van der Waals surface area contributed by atoms with Crippen molar-refractivity contribution in [1.82, 2.24) is 10.3 Å². The van der Waals surface area contributed by atoms with Crippen LogP contribution in [0.1, 0.15) is 32.3 Å². The normalized spacial score (nSPS) is 17.0. The van der Waals surface area contributed by atoms with Gasteiger partial charge >= 0.3 is 0 Å². The molecule has 1 saturated carbocycles. The van der Waals surface area contributed by atoms with Gasteiger partial charge < -0.3 is 5.32 Å². The Labute approximate surface area is 115 Å². The van der Waals surface area contributed by atoms with Gasteiger partial charge in [0.2, 0.25) is 0 Å². The Morgan fingerprint density at radius 2 is 2.11 bits per heavy atom. The van der Waals surface area contributed by atoms with Crippen LogP contribution in [0.4, 0.5) is 0 Å². The van der Waals surface area contributed by atoms with Crippen LogP contribution in [0.2, 0.25) is 0 Å². The van der Waals surface area contributed by atoms with Crippen LogP contribution in [0.25, 0.3) is 10.9 Å². The van der Waals surface area contributed by atoms with Crippen molar-refractivity contribution in [3.05, 3.63) is 42.1 Å². The molecule has 3 rings (SSSR count). The third kappa shape index (κ3) is 2.64. The number of nitrogens with zero attached hydrogens (tertiary/aromatic N) is 1. The van der Waals surface area contributed by atoms with E-state index in [0.29, 0.717) is 5.41 Å². The third-order valence-electron chi connectivity index (χ3n) is 4.59. The fourth-order valence-electron chi connectivity index (χ4n) is 2.81. The molecule has 0 spiro atoms. The zero-order valence-corrected chi connectivity index (χ0v) is 11.8. The Kier molecular flexibility index (Phi) is 3.28. The van der Waals surface area contributed by atoms with Crippen LogP contribution in [0.15, 0.2) is 36.5 Å². The van der Waals surface area contributed by atoms with Gasteiger partial charge in [0.05, 0.1) is 5.52 Å². The highest BCUT2D eigenvalue weighted by atomic mass is 14.9. The molecule has 0 aliphatic heterocycles. The molecule has 2 aromatic rings. The van der Waals surface area contributed by atoms with Gasteiger partial charge in [0.15, 0.2) is 0 Å². The average Bonchev–Trinajstić information content (AvgIpc) is 3.20. The third-order valence-corrected chi connectivity index (χ3v) is 4.59. The molecule has 1 N–H and O–H groups in total. The molecule has 1 heterocycles. The van der Waals surface area contributed by atoms with Gasteiger partial charge in [-0.3, -0.25) is 4.98 Å². The van der Waals surface area contributed by atoms with Crippen molar-refractivity contribution in [1.29, 1.82) is 0 Å². The Balaban J connectivity index is 1.63. The molecule has 1 aromatic carbocycles. The number of hydrogen-bond donors (Lipinski definition) is 1. The molecule has 0 bridgehead atoms. The van der Waals surface area contributed by atoms with Crippen molar-refractivity contribution in [3.8, 4) is 0 Å². The van der Waals surface area contributed by atoms with Crippen molar-refractivity contribution in [2.24, 2.45) is 11.3 Å². The standard InChI is InChI=1S/C17H22N2/c1-13(2)17(7-8-17)12-18-11-14-5-6-16-15(10-14)4-3-9-19-16/h3-6,9-10,13,18H,7-8,11-12H2,1-2H3. The van der Waals surface area contributed by atoms with E-state index in [-0.39, 0.29) is 0 Å². The highest BCUT2D eigenvalue weighted by Gasteiger charge is 2.44. The van der Waals surface area contributed by atoms with Crippen molar-refractivity contribution in [2.45, 2.75) is 33.2 Å². The first-order valence-electron chi connectivity index (χ1n) is 7.24. The summed E-state index contributed by atoms with van der Waals surface area (Å²) in [7, 11) is 0. The summed E-state index contributed by atoms with van der Waals surface area (Å²) in [4.78, 5) is 4.35. The van der Waals surface area contributed by atoms with Gasteiger partial charge in [-0.1, -0.05) is 26.0 Å². The van der Waals surface area contributed by atoms with E-state index < -0.39 is 0 Å². The van der Waals surface area contributed by atoms with Crippen LogP contribution in [-0.2, 0) is 6.54 Å². The summed E-state index contributed by atoms with van der Waals surface area (Å²) >= 11 is 0. The van der Waals surface area contributed by atoms with Crippen LogP contribution in [0.3, 0.4) is 0 Å². The molecule has 19 heavy (non-hydrogen) atoms. The smallest absolute Gasteiger partial charge is 0.0702 e. The van der Waals surface area contributed by atoms with Gasteiger partial charge in [0, 0.05) is 24.7 Å². The van der Waals surface area contributed by atoms with Gasteiger partial charge in [0.25, 0.3) is 0 Å². The van der Waals surface area contributed by atoms with E-state index in [1.165, 1.54) is 23.8 Å². The molecule has 0 saturated heterocycles. The van der Waals surface area contributed by atoms with E-state index in [1.54, 1.807) is 0 Å². The second-order valence-electron chi connectivity index (χ2n) is 6.15. The first-order valence-corrected chi connectivity index (χ1v) is 7.24. The summed E-state index contributed by atoms with van der Waals surface area (Å²) in [6, 6.07) is 10.7. The van der Waals surface area contributed by atoms with Gasteiger partial charge in [-0.15, -0.1) is 0 Å². The van der Waals surface area contributed by atoms with E-state index in [2.05, 4.69) is 48.4 Å². The summed E-state index contributed by atoms with van der Waals surface area (Å²) in [5.41, 5.74) is 3.01. The summed E-state index contributed by atoms with van der Waals surface area (Å²) in [5.74, 6) is 0.792. The lowest BCUT2D eigenvalue weighted by Gasteiger charge is -2.20. The average molecular weight is 254 g/mol. The lowest BCUT2D eigenvalue weighted by Crippen LogP contribution is -2.27. The summed E-state index contributed by atoms with van der Waals surface area (Å²) in [6.45, 7) is 6.79. The van der Waals surface area contributed by atoms with E-state index in [9.17, 15) is 0 Å². The minimum Gasteiger partial charge on any atom is -0.312 e. The number of pyridine rings is 1.